The molecule has 1 aromatic heterocycles. The molecular weight excluding hydrogens is 448 g/mol. The van der Waals surface area contributed by atoms with Crippen molar-refractivity contribution in [2.75, 3.05) is 18.4 Å². The van der Waals surface area contributed by atoms with Crippen LogP contribution in [0.4, 0.5) is 5.69 Å². The quantitative estimate of drug-likeness (QED) is 0.385. The molecule has 36 heavy (non-hydrogen) atoms. The molecule has 1 N–H and O–H groups in total. The molecule has 6 nitrogen and oxygen atoms in total. The smallest absolute Gasteiger partial charge is 0.257 e. The highest BCUT2D eigenvalue weighted by molar-refractivity contribution is 6.00. The Labute approximate surface area is 211 Å². The lowest BCUT2D eigenvalue weighted by Gasteiger charge is -2.31. The van der Waals surface area contributed by atoms with Crippen molar-refractivity contribution >= 4 is 17.5 Å². The van der Waals surface area contributed by atoms with Gasteiger partial charge in [-0.05, 0) is 49.9 Å². The van der Waals surface area contributed by atoms with E-state index in [1.807, 2.05) is 103 Å². The molecule has 6 heteroatoms. The van der Waals surface area contributed by atoms with E-state index in [1.165, 1.54) is 0 Å². The third-order valence-corrected chi connectivity index (χ3v) is 6.72. The number of para-hydroxylation sites is 1. The zero-order valence-corrected chi connectivity index (χ0v) is 20.4. The van der Waals surface area contributed by atoms with Crippen LogP contribution in [0.1, 0.15) is 35.2 Å². The van der Waals surface area contributed by atoms with Crippen molar-refractivity contribution in [3.05, 3.63) is 102 Å². The van der Waals surface area contributed by atoms with Gasteiger partial charge in [-0.2, -0.15) is 5.10 Å². The molecule has 1 saturated heterocycles. The number of nitrogens with zero attached hydrogens (tertiary/aromatic N) is 3. The number of aromatic nitrogens is 2. The van der Waals surface area contributed by atoms with Crippen LogP contribution in [0.2, 0.25) is 0 Å². The minimum atomic E-state index is -0.0152. The summed E-state index contributed by atoms with van der Waals surface area (Å²) in [5.41, 5.74) is 5.09. The van der Waals surface area contributed by atoms with Crippen molar-refractivity contribution in [2.45, 2.75) is 26.2 Å². The number of piperidine rings is 1. The highest BCUT2D eigenvalue weighted by atomic mass is 16.2. The number of aryl methyl sites for hydroxylation is 1. The Hall–Kier alpha value is -4.19. The van der Waals surface area contributed by atoms with Crippen LogP contribution in [-0.2, 0) is 4.79 Å². The van der Waals surface area contributed by atoms with E-state index in [-0.39, 0.29) is 17.7 Å². The normalized spacial score (nSPS) is 14.0. The molecule has 0 aliphatic carbocycles. The fourth-order valence-corrected chi connectivity index (χ4v) is 4.67. The van der Waals surface area contributed by atoms with Gasteiger partial charge in [0.1, 0.15) is 5.69 Å². The van der Waals surface area contributed by atoms with E-state index >= 15 is 0 Å². The Kier molecular flexibility index (Phi) is 6.94. The van der Waals surface area contributed by atoms with Crippen LogP contribution in [0.3, 0.4) is 0 Å². The van der Waals surface area contributed by atoms with E-state index in [0.717, 1.165) is 35.3 Å². The lowest BCUT2D eigenvalue weighted by atomic mass is 9.92. The van der Waals surface area contributed by atoms with E-state index in [2.05, 4.69) is 5.32 Å². The van der Waals surface area contributed by atoms with E-state index in [0.29, 0.717) is 30.8 Å². The fourth-order valence-electron chi connectivity index (χ4n) is 4.67. The van der Waals surface area contributed by atoms with Gasteiger partial charge < -0.3 is 10.2 Å². The highest BCUT2D eigenvalue weighted by Crippen LogP contribution is 2.28. The Morgan fingerprint density at radius 3 is 2.19 bits per heavy atom. The molecule has 3 aromatic carbocycles. The number of hydrogen-bond acceptors (Lipinski definition) is 3. The number of benzene rings is 3. The Bertz CT molecular complexity index is 1320. The monoisotopic (exact) mass is 478 g/mol. The zero-order chi connectivity index (χ0) is 24.9. The number of hydrogen-bond donors (Lipinski definition) is 1. The van der Waals surface area contributed by atoms with Gasteiger partial charge in [-0.25, -0.2) is 4.68 Å². The summed E-state index contributed by atoms with van der Waals surface area (Å²) in [4.78, 5) is 28.1. The van der Waals surface area contributed by atoms with E-state index < -0.39 is 0 Å². The van der Waals surface area contributed by atoms with Crippen molar-refractivity contribution in [1.29, 1.82) is 0 Å². The second-order valence-corrected chi connectivity index (χ2v) is 9.39. The molecule has 2 amide bonds. The van der Waals surface area contributed by atoms with Gasteiger partial charge >= 0.3 is 0 Å². The maximum Gasteiger partial charge on any atom is 0.257 e. The van der Waals surface area contributed by atoms with Gasteiger partial charge in [0.05, 0.1) is 11.3 Å². The summed E-state index contributed by atoms with van der Waals surface area (Å²) in [6.45, 7) is 3.29. The van der Waals surface area contributed by atoms with Crippen LogP contribution in [-0.4, -0.2) is 39.6 Å². The van der Waals surface area contributed by atoms with E-state index in [1.54, 1.807) is 4.68 Å². The first-order valence-corrected chi connectivity index (χ1v) is 12.4. The summed E-state index contributed by atoms with van der Waals surface area (Å²) in [5, 5.41) is 7.77. The maximum atomic E-state index is 13.6. The molecule has 0 radical (unpaired) electrons. The predicted molar refractivity (Wildman–Crippen MR) is 142 cm³/mol. The Morgan fingerprint density at radius 1 is 0.889 bits per heavy atom. The van der Waals surface area contributed by atoms with Crippen LogP contribution in [0.5, 0.6) is 0 Å². The van der Waals surface area contributed by atoms with Crippen LogP contribution >= 0.6 is 0 Å². The van der Waals surface area contributed by atoms with E-state index in [9.17, 15) is 9.59 Å². The van der Waals surface area contributed by atoms with Crippen LogP contribution in [0, 0.1) is 12.8 Å². The summed E-state index contributed by atoms with van der Waals surface area (Å²) < 4.78 is 1.78. The number of nitrogens with one attached hydrogen (secondary N) is 1. The van der Waals surface area contributed by atoms with Crippen LogP contribution in [0.15, 0.2) is 91.1 Å². The number of anilines is 1. The molecule has 4 aromatic rings. The minimum absolute atomic E-state index is 0.0152. The van der Waals surface area contributed by atoms with Crippen molar-refractivity contribution < 1.29 is 9.59 Å². The van der Waals surface area contributed by atoms with Gasteiger partial charge in [0, 0.05) is 37.0 Å². The lowest BCUT2D eigenvalue weighted by Crippen LogP contribution is -2.39. The summed E-state index contributed by atoms with van der Waals surface area (Å²) in [6, 6.07) is 27.5. The number of carbonyl (C=O) groups is 2. The molecule has 5 rings (SSSR count). The van der Waals surface area contributed by atoms with Gasteiger partial charge in [-0.1, -0.05) is 66.2 Å². The molecule has 0 unspecified atom stereocenters. The average molecular weight is 479 g/mol. The van der Waals surface area contributed by atoms with Gasteiger partial charge in [0.15, 0.2) is 0 Å². The topological polar surface area (TPSA) is 67.2 Å². The predicted octanol–water partition coefficient (Wildman–Crippen LogP) is 5.73. The fraction of sp³-hybridized carbons (Fsp3) is 0.233. The van der Waals surface area contributed by atoms with Gasteiger partial charge in [0.25, 0.3) is 5.91 Å². The number of carbonyl (C=O) groups excluding carboxylic acids is 2. The second-order valence-electron chi connectivity index (χ2n) is 9.39. The molecule has 182 valence electrons. The largest absolute Gasteiger partial charge is 0.339 e. The molecule has 0 spiro atoms. The number of rotatable bonds is 6. The molecule has 1 fully saturated rings. The molecule has 0 atom stereocenters. The van der Waals surface area contributed by atoms with Gasteiger partial charge in [-0.3, -0.25) is 9.59 Å². The maximum absolute atomic E-state index is 13.6. The number of likely N-dealkylation sites (tertiary alicyclic amines) is 1. The van der Waals surface area contributed by atoms with Gasteiger partial charge in [0.2, 0.25) is 5.91 Å². The second kappa shape index (κ2) is 10.6. The third-order valence-electron chi connectivity index (χ3n) is 6.72. The summed E-state index contributed by atoms with van der Waals surface area (Å²) in [7, 11) is 0. The molecule has 0 saturated carbocycles. The Morgan fingerprint density at radius 2 is 1.53 bits per heavy atom. The summed E-state index contributed by atoms with van der Waals surface area (Å²) in [6.07, 6.45) is 3.92. The minimum Gasteiger partial charge on any atom is -0.339 e. The highest BCUT2D eigenvalue weighted by Gasteiger charge is 2.28. The van der Waals surface area contributed by atoms with E-state index in [4.69, 9.17) is 5.10 Å². The average Bonchev–Trinajstić information content (AvgIpc) is 3.37. The standard InChI is InChI=1S/C30H30N4O2/c1-22-12-14-25(15-13-22)31-28(35)20-23-16-18-33(19-17-23)30(36)27-21-34(26-10-6-3-7-11-26)32-29(27)24-8-4-2-5-9-24/h2-15,21,23H,16-20H2,1H3,(H,31,35). The SMILES string of the molecule is Cc1ccc(NC(=O)CC2CCN(C(=O)c3cn(-c4ccccc4)nc3-c3ccccc3)CC2)cc1. The van der Waals surface area contributed by atoms with Crippen LogP contribution in [0.25, 0.3) is 16.9 Å². The molecule has 0 bridgehead atoms. The molecular formula is C30H30N4O2. The van der Waals surface area contributed by atoms with Crippen LogP contribution < -0.4 is 5.32 Å². The first-order chi connectivity index (χ1) is 17.6. The third kappa shape index (κ3) is 5.38. The summed E-state index contributed by atoms with van der Waals surface area (Å²) in [5.74, 6) is 0.276. The molecule has 1 aliphatic rings. The first-order valence-electron chi connectivity index (χ1n) is 12.4. The lowest BCUT2D eigenvalue weighted by molar-refractivity contribution is -0.117. The Balaban J connectivity index is 1.26. The van der Waals surface area contributed by atoms with Crippen molar-refractivity contribution in [1.82, 2.24) is 14.7 Å². The number of amides is 2. The van der Waals surface area contributed by atoms with Crippen molar-refractivity contribution in [3.63, 3.8) is 0 Å². The summed E-state index contributed by atoms with van der Waals surface area (Å²) >= 11 is 0. The van der Waals surface area contributed by atoms with Gasteiger partial charge in [-0.15, -0.1) is 0 Å². The van der Waals surface area contributed by atoms with Crippen molar-refractivity contribution in [3.8, 4) is 16.9 Å². The zero-order valence-electron chi connectivity index (χ0n) is 20.4. The first kappa shape index (κ1) is 23.5. The molecule has 2 heterocycles. The van der Waals surface area contributed by atoms with Crippen molar-refractivity contribution in [2.24, 2.45) is 5.92 Å². The molecule has 1 aliphatic heterocycles.